The summed E-state index contributed by atoms with van der Waals surface area (Å²) in [5.41, 5.74) is 0.817. The molecule has 19 heavy (non-hydrogen) atoms. The predicted octanol–water partition coefficient (Wildman–Crippen LogP) is 2.13. The second-order valence-corrected chi connectivity index (χ2v) is 5.45. The molecule has 0 spiro atoms. The summed E-state index contributed by atoms with van der Waals surface area (Å²) in [4.78, 5) is 12.3. The van der Waals surface area contributed by atoms with E-state index in [9.17, 15) is 15.0 Å². The van der Waals surface area contributed by atoms with E-state index in [1.54, 1.807) is 19.1 Å². The van der Waals surface area contributed by atoms with Crippen molar-refractivity contribution in [2.24, 2.45) is 0 Å². The van der Waals surface area contributed by atoms with Crippen molar-refractivity contribution in [1.82, 2.24) is 5.32 Å². The van der Waals surface area contributed by atoms with Gasteiger partial charge in [-0.15, -0.1) is 0 Å². The first-order chi connectivity index (χ1) is 9.06. The van der Waals surface area contributed by atoms with Gasteiger partial charge in [-0.3, -0.25) is 4.79 Å². The molecular weight excluding hydrogens is 242 g/mol. The van der Waals surface area contributed by atoms with Crippen molar-refractivity contribution in [3.63, 3.8) is 0 Å². The number of nitrogens with one attached hydrogen (secondary N) is 1. The van der Waals surface area contributed by atoms with Gasteiger partial charge in [0.15, 0.2) is 0 Å². The topological polar surface area (TPSA) is 69.6 Å². The van der Waals surface area contributed by atoms with Gasteiger partial charge in [0.1, 0.15) is 5.75 Å². The van der Waals surface area contributed by atoms with E-state index in [1.165, 1.54) is 6.07 Å². The summed E-state index contributed by atoms with van der Waals surface area (Å²) in [7, 11) is 0. The summed E-state index contributed by atoms with van der Waals surface area (Å²) in [6, 6.07) is 4.70. The van der Waals surface area contributed by atoms with Gasteiger partial charge < -0.3 is 15.5 Å². The first-order valence-corrected chi connectivity index (χ1v) is 6.79. The Hall–Kier alpha value is -1.55. The van der Waals surface area contributed by atoms with Crippen LogP contribution in [0.15, 0.2) is 18.2 Å². The molecule has 2 rings (SSSR count). The highest BCUT2D eigenvalue weighted by Crippen LogP contribution is 2.28. The van der Waals surface area contributed by atoms with E-state index in [-0.39, 0.29) is 18.3 Å². The lowest BCUT2D eigenvalue weighted by Crippen LogP contribution is -2.52. The van der Waals surface area contributed by atoms with Crippen LogP contribution in [0.25, 0.3) is 0 Å². The highest BCUT2D eigenvalue weighted by Gasteiger charge is 2.33. The standard InChI is InChI=1S/C15H21NO3/c1-11-9-12(18)5-6-13(11)14(19)16-15(10-17)7-3-2-4-8-15/h5-6,9,17-18H,2-4,7-8,10H2,1H3,(H,16,19). The molecule has 0 saturated heterocycles. The van der Waals surface area contributed by atoms with Gasteiger partial charge in [0.2, 0.25) is 0 Å². The third kappa shape index (κ3) is 3.07. The van der Waals surface area contributed by atoms with Crippen molar-refractivity contribution in [3.8, 4) is 5.75 Å². The van der Waals surface area contributed by atoms with Gasteiger partial charge in [-0.25, -0.2) is 0 Å². The van der Waals surface area contributed by atoms with Crippen LogP contribution >= 0.6 is 0 Å². The van der Waals surface area contributed by atoms with Gasteiger partial charge in [-0.2, -0.15) is 0 Å². The quantitative estimate of drug-likeness (QED) is 0.782. The van der Waals surface area contributed by atoms with E-state index in [0.717, 1.165) is 37.7 Å². The fraction of sp³-hybridized carbons (Fsp3) is 0.533. The number of carbonyl (C=O) groups is 1. The highest BCUT2D eigenvalue weighted by molar-refractivity contribution is 5.96. The maximum Gasteiger partial charge on any atom is 0.252 e. The lowest BCUT2D eigenvalue weighted by Gasteiger charge is -2.36. The molecule has 104 valence electrons. The molecule has 0 unspecified atom stereocenters. The molecule has 4 heteroatoms. The van der Waals surface area contributed by atoms with E-state index in [4.69, 9.17) is 0 Å². The Balaban J connectivity index is 2.15. The fourth-order valence-electron chi connectivity index (χ4n) is 2.76. The number of aliphatic hydroxyl groups is 1. The molecule has 1 saturated carbocycles. The molecule has 0 atom stereocenters. The third-order valence-electron chi connectivity index (χ3n) is 3.95. The number of hydrogen-bond donors (Lipinski definition) is 3. The molecule has 1 aromatic rings. The Morgan fingerprint density at radius 2 is 2.00 bits per heavy atom. The van der Waals surface area contributed by atoms with Crippen molar-refractivity contribution in [1.29, 1.82) is 0 Å². The van der Waals surface area contributed by atoms with Gasteiger partial charge >= 0.3 is 0 Å². The van der Waals surface area contributed by atoms with E-state index in [2.05, 4.69) is 5.32 Å². The summed E-state index contributed by atoms with van der Waals surface area (Å²) in [6.45, 7) is 1.77. The van der Waals surface area contributed by atoms with Crippen LogP contribution in [0.3, 0.4) is 0 Å². The van der Waals surface area contributed by atoms with Crippen molar-refractivity contribution in [2.75, 3.05) is 6.61 Å². The number of aryl methyl sites for hydroxylation is 1. The van der Waals surface area contributed by atoms with Crippen molar-refractivity contribution < 1.29 is 15.0 Å². The average Bonchev–Trinajstić information content (AvgIpc) is 2.39. The molecule has 1 amide bonds. The summed E-state index contributed by atoms with van der Waals surface area (Å²) in [5.74, 6) is -0.0166. The number of rotatable bonds is 3. The normalized spacial score (nSPS) is 18.0. The molecule has 4 nitrogen and oxygen atoms in total. The fourth-order valence-corrected chi connectivity index (χ4v) is 2.76. The van der Waals surface area contributed by atoms with Gasteiger partial charge in [-0.1, -0.05) is 19.3 Å². The van der Waals surface area contributed by atoms with Crippen LogP contribution in [0, 0.1) is 6.92 Å². The largest absolute Gasteiger partial charge is 0.508 e. The third-order valence-corrected chi connectivity index (χ3v) is 3.95. The molecule has 0 bridgehead atoms. The Labute approximate surface area is 113 Å². The number of hydrogen-bond acceptors (Lipinski definition) is 3. The maximum absolute atomic E-state index is 12.3. The Bertz CT molecular complexity index is 464. The zero-order chi connectivity index (χ0) is 13.9. The summed E-state index contributed by atoms with van der Waals surface area (Å²) < 4.78 is 0. The Kier molecular flexibility index (Phi) is 4.10. The van der Waals surface area contributed by atoms with Crippen LogP contribution < -0.4 is 5.32 Å². The summed E-state index contributed by atoms with van der Waals surface area (Å²) >= 11 is 0. The van der Waals surface area contributed by atoms with E-state index in [1.807, 2.05) is 0 Å². The van der Waals surface area contributed by atoms with Crippen molar-refractivity contribution in [3.05, 3.63) is 29.3 Å². The average molecular weight is 263 g/mol. The van der Waals surface area contributed by atoms with Gasteiger partial charge in [0.05, 0.1) is 12.1 Å². The molecule has 0 heterocycles. The highest BCUT2D eigenvalue weighted by atomic mass is 16.3. The molecule has 1 aliphatic rings. The number of benzene rings is 1. The van der Waals surface area contributed by atoms with Gasteiger partial charge in [0.25, 0.3) is 5.91 Å². The molecular formula is C15H21NO3. The molecule has 0 radical (unpaired) electrons. The number of phenols is 1. The van der Waals surface area contributed by atoms with Crippen LogP contribution in [-0.2, 0) is 0 Å². The number of aliphatic hydroxyl groups excluding tert-OH is 1. The smallest absolute Gasteiger partial charge is 0.252 e. The van der Waals surface area contributed by atoms with E-state index >= 15 is 0 Å². The van der Waals surface area contributed by atoms with Crippen molar-refractivity contribution in [2.45, 2.75) is 44.6 Å². The number of phenolic OH excluding ortho intramolecular Hbond substituents is 1. The SMILES string of the molecule is Cc1cc(O)ccc1C(=O)NC1(CO)CCCCC1. The van der Waals surface area contributed by atoms with Crippen LogP contribution in [0.2, 0.25) is 0 Å². The Morgan fingerprint density at radius 3 is 2.58 bits per heavy atom. The van der Waals surface area contributed by atoms with Crippen LogP contribution in [-0.4, -0.2) is 28.3 Å². The lowest BCUT2D eigenvalue weighted by molar-refractivity contribution is 0.0758. The molecule has 0 aromatic heterocycles. The second kappa shape index (κ2) is 5.61. The minimum atomic E-state index is -0.473. The monoisotopic (exact) mass is 263 g/mol. The van der Waals surface area contributed by atoms with E-state index in [0.29, 0.717) is 5.56 Å². The molecule has 0 aliphatic heterocycles. The second-order valence-electron chi connectivity index (χ2n) is 5.45. The molecule has 1 aliphatic carbocycles. The predicted molar refractivity (Wildman–Crippen MR) is 73.2 cm³/mol. The Morgan fingerprint density at radius 1 is 1.32 bits per heavy atom. The summed E-state index contributed by atoms with van der Waals surface area (Å²) in [6.07, 6.45) is 4.89. The molecule has 1 fully saturated rings. The first kappa shape index (κ1) is 13.9. The molecule has 3 N–H and O–H groups in total. The van der Waals surface area contributed by atoms with Crippen LogP contribution in [0.4, 0.5) is 0 Å². The van der Waals surface area contributed by atoms with Gasteiger partial charge in [-0.05, 0) is 43.5 Å². The zero-order valence-corrected chi connectivity index (χ0v) is 11.3. The number of aromatic hydroxyl groups is 1. The lowest BCUT2D eigenvalue weighted by atomic mass is 9.82. The van der Waals surface area contributed by atoms with Gasteiger partial charge in [0, 0.05) is 5.56 Å². The first-order valence-electron chi connectivity index (χ1n) is 6.79. The van der Waals surface area contributed by atoms with Crippen LogP contribution in [0.5, 0.6) is 5.75 Å². The number of amides is 1. The minimum Gasteiger partial charge on any atom is -0.508 e. The number of carbonyl (C=O) groups excluding carboxylic acids is 1. The zero-order valence-electron chi connectivity index (χ0n) is 11.3. The van der Waals surface area contributed by atoms with Crippen LogP contribution in [0.1, 0.15) is 48.0 Å². The minimum absolute atomic E-state index is 0.0180. The van der Waals surface area contributed by atoms with E-state index < -0.39 is 5.54 Å². The summed E-state index contributed by atoms with van der Waals surface area (Å²) in [5, 5.41) is 21.9. The van der Waals surface area contributed by atoms with Crippen molar-refractivity contribution >= 4 is 5.91 Å². The maximum atomic E-state index is 12.3. The molecule has 1 aromatic carbocycles.